The van der Waals surface area contributed by atoms with Gasteiger partial charge in [0.2, 0.25) is 0 Å². The third-order valence-corrected chi connectivity index (χ3v) is 6.23. The van der Waals surface area contributed by atoms with Crippen LogP contribution in [0.4, 0.5) is 11.5 Å². The van der Waals surface area contributed by atoms with E-state index in [2.05, 4.69) is 19.9 Å². The fraction of sp³-hybridized carbons (Fsp3) is 0.250. The van der Waals surface area contributed by atoms with Crippen molar-refractivity contribution >= 4 is 32.4 Å². The van der Waals surface area contributed by atoms with Crippen LogP contribution in [0.2, 0.25) is 0 Å². The van der Waals surface area contributed by atoms with Gasteiger partial charge in [0.1, 0.15) is 10.7 Å². The van der Waals surface area contributed by atoms with Crippen molar-refractivity contribution in [1.29, 1.82) is 0 Å². The molecule has 156 valence electrons. The quantitative estimate of drug-likeness (QED) is 0.510. The highest BCUT2D eigenvalue weighted by Gasteiger charge is 2.21. The maximum absolute atomic E-state index is 13.2. The van der Waals surface area contributed by atoms with Gasteiger partial charge in [-0.05, 0) is 18.1 Å². The fourth-order valence-corrected chi connectivity index (χ4v) is 4.33. The summed E-state index contributed by atoms with van der Waals surface area (Å²) in [6.07, 6.45) is 6.90. The zero-order valence-electron chi connectivity index (χ0n) is 17.2. The molecule has 1 N–H and O–H groups in total. The van der Waals surface area contributed by atoms with Gasteiger partial charge in [-0.2, -0.15) is 10.2 Å². The number of nitrogens with one attached hydrogen (secondary N) is 1. The summed E-state index contributed by atoms with van der Waals surface area (Å²) in [5.41, 5.74) is 2.90. The summed E-state index contributed by atoms with van der Waals surface area (Å²) in [4.78, 5) is 6.22. The molecule has 0 aliphatic carbocycles. The van der Waals surface area contributed by atoms with Crippen molar-refractivity contribution in [3.05, 3.63) is 54.6 Å². The maximum atomic E-state index is 13.2. The number of sulfonamides is 1. The normalized spacial score (nSPS) is 11.7. The van der Waals surface area contributed by atoms with Crippen molar-refractivity contribution in [1.82, 2.24) is 24.5 Å². The number of nitrogens with zero attached hydrogens (tertiary/aromatic N) is 6. The lowest BCUT2D eigenvalue weighted by molar-refractivity contribution is 0.601. The molecule has 1 aromatic carbocycles. The summed E-state index contributed by atoms with van der Waals surface area (Å²) in [6.45, 7) is 1.99. The molecule has 0 radical (unpaired) electrons. The molecule has 9 nitrogen and oxygen atoms in total. The minimum absolute atomic E-state index is 0.0759. The molecule has 0 bridgehead atoms. The van der Waals surface area contributed by atoms with Crippen LogP contribution in [0.3, 0.4) is 0 Å². The number of benzene rings is 1. The molecule has 0 atom stereocenters. The van der Waals surface area contributed by atoms with Crippen molar-refractivity contribution in [3.8, 4) is 5.69 Å². The summed E-state index contributed by atoms with van der Waals surface area (Å²) in [5, 5.41) is 9.37. The Labute approximate surface area is 175 Å². The molecule has 0 saturated carbocycles. The smallest absolute Gasteiger partial charge is 0.265 e. The van der Waals surface area contributed by atoms with E-state index in [-0.39, 0.29) is 4.90 Å². The lowest BCUT2D eigenvalue weighted by atomic mass is 10.1. The van der Waals surface area contributed by atoms with E-state index < -0.39 is 10.0 Å². The Kier molecular flexibility index (Phi) is 4.94. The van der Waals surface area contributed by atoms with Crippen LogP contribution in [0, 0.1) is 0 Å². The lowest BCUT2D eigenvalue weighted by Gasteiger charge is -2.13. The molecule has 4 aromatic rings. The number of aryl methyl sites for hydroxylation is 2. The Morgan fingerprint density at radius 1 is 1.13 bits per heavy atom. The van der Waals surface area contributed by atoms with Crippen LogP contribution >= 0.6 is 0 Å². The molecule has 4 rings (SSSR count). The second kappa shape index (κ2) is 7.45. The van der Waals surface area contributed by atoms with E-state index in [1.165, 1.54) is 17.1 Å². The summed E-state index contributed by atoms with van der Waals surface area (Å²) in [5.74, 6) is 0.751. The average Bonchev–Trinajstić information content (AvgIpc) is 3.36. The third-order valence-electron chi connectivity index (χ3n) is 4.93. The summed E-state index contributed by atoms with van der Waals surface area (Å²) in [7, 11) is 1.73. The van der Waals surface area contributed by atoms with E-state index in [0.29, 0.717) is 12.1 Å². The Hall–Kier alpha value is -3.40. The molecule has 0 aliphatic heterocycles. The first-order valence-electron chi connectivity index (χ1n) is 9.45. The van der Waals surface area contributed by atoms with Gasteiger partial charge in [-0.3, -0.25) is 9.40 Å². The highest BCUT2D eigenvalue weighted by Crippen LogP contribution is 2.30. The van der Waals surface area contributed by atoms with Crippen LogP contribution < -0.4 is 9.62 Å². The summed E-state index contributed by atoms with van der Waals surface area (Å²) < 4.78 is 32.3. The second-order valence-corrected chi connectivity index (χ2v) is 8.83. The van der Waals surface area contributed by atoms with E-state index >= 15 is 0 Å². The Morgan fingerprint density at radius 3 is 2.67 bits per heavy atom. The largest absolute Gasteiger partial charge is 0.363 e. The highest BCUT2D eigenvalue weighted by molar-refractivity contribution is 7.92. The van der Waals surface area contributed by atoms with Gasteiger partial charge in [-0.1, -0.05) is 19.1 Å². The Balaban J connectivity index is 1.72. The van der Waals surface area contributed by atoms with E-state index in [9.17, 15) is 8.42 Å². The van der Waals surface area contributed by atoms with Crippen LogP contribution in [-0.4, -0.2) is 47.1 Å². The van der Waals surface area contributed by atoms with Crippen molar-refractivity contribution < 1.29 is 8.42 Å². The number of anilines is 2. The molecule has 0 saturated heterocycles. The van der Waals surface area contributed by atoms with Crippen LogP contribution in [0.15, 0.2) is 53.9 Å². The molecule has 30 heavy (non-hydrogen) atoms. The van der Waals surface area contributed by atoms with Crippen molar-refractivity contribution in [2.75, 3.05) is 23.7 Å². The van der Waals surface area contributed by atoms with E-state index in [1.54, 1.807) is 30.2 Å². The Morgan fingerprint density at radius 2 is 1.93 bits per heavy atom. The minimum atomic E-state index is -3.85. The second-order valence-electron chi connectivity index (χ2n) is 7.15. The van der Waals surface area contributed by atoms with Gasteiger partial charge < -0.3 is 4.90 Å². The van der Waals surface area contributed by atoms with Gasteiger partial charge in [0.25, 0.3) is 10.0 Å². The van der Waals surface area contributed by atoms with Gasteiger partial charge in [0, 0.05) is 38.8 Å². The molecule has 3 heterocycles. The number of rotatable bonds is 6. The number of aromatic nitrogens is 5. The predicted molar refractivity (Wildman–Crippen MR) is 117 cm³/mol. The van der Waals surface area contributed by atoms with Crippen molar-refractivity contribution in [2.45, 2.75) is 18.2 Å². The molecule has 0 aliphatic rings. The maximum Gasteiger partial charge on any atom is 0.265 e. The number of fused-ring (bicyclic) bond motifs is 1. The third kappa shape index (κ3) is 3.50. The molecular formula is C20H23N7O2S. The summed E-state index contributed by atoms with van der Waals surface area (Å²) >= 11 is 0. The van der Waals surface area contributed by atoms with Gasteiger partial charge >= 0.3 is 0 Å². The van der Waals surface area contributed by atoms with E-state index in [4.69, 9.17) is 0 Å². The van der Waals surface area contributed by atoms with Crippen molar-refractivity contribution in [2.24, 2.45) is 7.05 Å². The highest BCUT2D eigenvalue weighted by atomic mass is 32.2. The van der Waals surface area contributed by atoms with Gasteiger partial charge in [-0.25, -0.2) is 18.1 Å². The molecule has 10 heteroatoms. The molecule has 0 amide bonds. The molecule has 0 unspecified atom stereocenters. The molecule has 0 fully saturated rings. The monoisotopic (exact) mass is 425 g/mol. The minimum Gasteiger partial charge on any atom is -0.363 e. The number of hydrogen-bond donors (Lipinski definition) is 1. The summed E-state index contributed by atoms with van der Waals surface area (Å²) in [6, 6.07) is 7.48. The average molecular weight is 426 g/mol. The van der Waals surface area contributed by atoms with Crippen LogP contribution in [0.25, 0.3) is 16.6 Å². The first-order valence-corrected chi connectivity index (χ1v) is 10.9. The zero-order chi connectivity index (χ0) is 21.5. The fourth-order valence-electron chi connectivity index (χ4n) is 3.29. The van der Waals surface area contributed by atoms with Crippen LogP contribution in [0.1, 0.15) is 12.5 Å². The topological polar surface area (TPSA) is 97.9 Å². The van der Waals surface area contributed by atoms with Crippen LogP contribution in [-0.2, 0) is 23.5 Å². The molecule has 0 spiro atoms. The zero-order valence-corrected chi connectivity index (χ0v) is 18.1. The first-order chi connectivity index (χ1) is 14.3. The van der Waals surface area contributed by atoms with Crippen molar-refractivity contribution in [3.63, 3.8) is 0 Å². The predicted octanol–water partition coefficient (Wildman–Crippen LogP) is 2.58. The molecule has 3 aromatic heterocycles. The van der Waals surface area contributed by atoms with Gasteiger partial charge in [0.05, 0.1) is 35.5 Å². The standard InChI is InChI=1S/C20H23N7O2S/c1-5-14-6-7-15-11-22-26(4)20(15)19(14)24-30(28,29)17-12-23-27(13-17)16-8-9-21-18(10-16)25(2)3/h6-13,24H,5H2,1-4H3. The number of pyridine rings is 1. The van der Waals surface area contributed by atoms with E-state index in [0.717, 1.165) is 28.0 Å². The van der Waals surface area contributed by atoms with E-state index in [1.807, 2.05) is 44.1 Å². The molecular weight excluding hydrogens is 402 g/mol. The SMILES string of the molecule is CCc1ccc2cnn(C)c2c1NS(=O)(=O)c1cnn(-c2ccnc(N(C)C)c2)c1. The van der Waals surface area contributed by atoms with Crippen LogP contribution in [0.5, 0.6) is 0 Å². The first kappa shape index (κ1) is 19.9. The lowest BCUT2D eigenvalue weighted by Crippen LogP contribution is -2.15. The Bertz CT molecular complexity index is 1320. The van der Waals surface area contributed by atoms with Gasteiger partial charge in [-0.15, -0.1) is 0 Å². The van der Waals surface area contributed by atoms with Gasteiger partial charge in [0.15, 0.2) is 0 Å². The number of hydrogen-bond acceptors (Lipinski definition) is 6.